The lowest BCUT2D eigenvalue weighted by atomic mass is 9.78. The van der Waals surface area contributed by atoms with Crippen LogP contribution in [0.25, 0.3) is 64.4 Å². The summed E-state index contributed by atoms with van der Waals surface area (Å²) in [5, 5.41) is 15.0. The topological polar surface area (TPSA) is 28.7 Å². The van der Waals surface area contributed by atoms with Crippen molar-refractivity contribution in [1.29, 1.82) is 5.26 Å². The van der Waals surface area contributed by atoms with Crippen LogP contribution in [0.15, 0.2) is 115 Å². The molecule has 0 unspecified atom stereocenters. The van der Waals surface area contributed by atoms with Gasteiger partial charge in [0, 0.05) is 41.9 Å². The van der Waals surface area contributed by atoms with Crippen molar-refractivity contribution >= 4 is 58.9 Å². The molecule has 204 valence electrons. The first-order chi connectivity index (χ1) is 21.0. The number of nitriles is 1. The van der Waals surface area contributed by atoms with E-state index in [2.05, 4.69) is 128 Å². The Hall–Kier alpha value is -4.91. The zero-order valence-electron chi connectivity index (χ0n) is 24.1. The van der Waals surface area contributed by atoms with Gasteiger partial charge in [0.25, 0.3) is 0 Å². The lowest BCUT2D eigenvalue weighted by Gasteiger charge is -2.26. The largest absolute Gasteiger partial charge is 0.309 e. The molecule has 2 nitrogen and oxygen atoms in total. The van der Waals surface area contributed by atoms with Gasteiger partial charge in [-0.1, -0.05) is 86.2 Å². The molecule has 3 heteroatoms. The second kappa shape index (κ2) is 8.80. The Labute approximate surface area is 254 Å². The van der Waals surface area contributed by atoms with Crippen molar-refractivity contribution in [2.45, 2.75) is 32.1 Å². The molecular formula is C40H28N2S. The number of allylic oxidation sites excluding steroid dienone is 4. The molecule has 0 fully saturated rings. The van der Waals surface area contributed by atoms with Crippen LogP contribution in [0.1, 0.15) is 43.4 Å². The Morgan fingerprint density at radius 2 is 1.53 bits per heavy atom. The number of rotatable bonds is 2. The average Bonchev–Trinajstić information content (AvgIpc) is 3.66. The summed E-state index contributed by atoms with van der Waals surface area (Å²) in [6.45, 7) is 4.82. The maximum atomic E-state index is 9.92. The van der Waals surface area contributed by atoms with E-state index in [1.54, 1.807) is 5.57 Å². The van der Waals surface area contributed by atoms with Crippen LogP contribution in [0, 0.1) is 11.3 Å². The van der Waals surface area contributed by atoms with Gasteiger partial charge in [-0.2, -0.15) is 5.26 Å². The Morgan fingerprint density at radius 1 is 0.767 bits per heavy atom. The molecule has 0 amide bonds. The van der Waals surface area contributed by atoms with Crippen molar-refractivity contribution in [3.05, 3.63) is 131 Å². The molecule has 7 aromatic rings. The molecule has 43 heavy (non-hydrogen) atoms. The third-order valence-corrected chi connectivity index (χ3v) is 10.9. The summed E-state index contributed by atoms with van der Waals surface area (Å²) in [6.07, 6.45) is 6.95. The van der Waals surface area contributed by atoms with Crippen LogP contribution in [0.2, 0.25) is 0 Å². The van der Waals surface area contributed by atoms with Crippen LogP contribution in [0.3, 0.4) is 0 Å². The Kier molecular flexibility index (Phi) is 5.05. The van der Waals surface area contributed by atoms with Gasteiger partial charge in [-0.15, -0.1) is 11.3 Å². The molecule has 9 rings (SSSR count). The number of hydrogen-bond acceptors (Lipinski definition) is 2. The molecule has 0 bridgehead atoms. The summed E-state index contributed by atoms with van der Waals surface area (Å²) in [7, 11) is 0. The van der Waals surface area contributed by atoms with Crippen LogP contribution < -0.4 is 0 Å². The lowest BCUT2D eigenvalue weighted by molar-refractivity contribution is 0.613. The zero-order chi connectivity index (χ0) is 28.9. The molecule has 2 aromatic heterocycles. The quantitative estimate of drug-likeness (QED) is 0.204. The highest BCUT2D eigenvalue weighted by atomic mass is 32.1. The summed E-state index contributed by atoms with van der Waals surface area (Å²) < 4.78 is 5.07. The Morgan fingerprint density at radius 3 is 2.30 bits per heavy atom. The molecule has 2 aliphatic rings. The minimum absolute atomic E-state index is 0.0312. The van der Waals surface area contributed by atoms with Gasteiger partial charge < -0.3 is 4.57 Å². The van der Waals surface area contributed by atoms with Gasteiger partial charge in [0.2, 0.25) is 0 Å². The number of fused-ring (bicyclic) bond motifs is 9. The van der Waals surface area contributed by atoms with E-state index in [0.717, 1.165) is 29.7 Å². The highest BCUT2D eigenvalue weighted by molar-refractivity contribution is 7.26. The van der Waals surface area contributed by atoms with Gasteiger partial charge in [-0.25, -0.2) is 0 Å². The summed E-state index contributed by atoms with van der Waals surface area (Å²) >= 11 is 1.92. The van der Waals surface area contributed by atoms with Gasteiger partial charge in [-0.05, 0) is 77.6 Å². The van der Waals surface area contributed by atoms with Crippen molar-refractivity contribution in [2.75, 3.05) is 0 Å². The first-order valence-electron chi connectivity index (χ1n) is 15.0. The van der Waals surface area contributed by atoms with E-state index in [-0.39, 0.29) is 5.41 Å². The fraction of sp³-hybridized carbons (Fsp3) is 0.125. The molecule has 0 atom stereocenters. The SMILES string of the molecule is CC1(C)C2=C(C=CCC2)c2ccc3c(sc4ccc(-c5cc(C#N)ccc5-n5c6ccccc6c6ccccc65)cc43)c21. The van der Waals surface area contributed by atoms with E-state index in [0.29, 0.717) is 5.56 Å². The maximum Gasteiger partial charge on any atom is 0.0991 e. The number of nitrogens with zero attached hydrogens (tertiary/aromatic N) is 2. The van der Waals surface area contributed by atoms with Gasteiger partial charge in [0.05, 0.1) is 28.4 Å². The number of thiophene rings is 1. The van der Waals surface area contributed by atoms with E-state index in [4.69, 9.17) is 0 Å². The molecule has 0 aliphatic heterocycles. The zero-order valence-corrected chi connectivity index (χ0v) is 24.9. The van der Waals surface area contributed by atoms with Crippen LogP contribution in [-0.2, 0) is 5.41 Å². The second-order valence-electron chi connectivity index (χ2n) is 12.3. The molecule has 0 saturated carbocycles. The Bertz CT molecular complexity index is 2380. The predicted octanol–water partition coefficient (Wildman–Crippen LogP) is 11.1. The van der Waals surface area contributed by atoms with Gasteiger partial charge in [0.15, 0.2) is 0 Å². The number of benzene rings is 5. The van der Waals surface area contributed by atoms with Crippen molar-refractivity contribution < 1.29 is 0 Å². The lowest BCUT2D eigenvalue weighted by Crippen LogP contribution is -2.17. The first kappa shape index (κ1) is 24.7. The summed E-state index contributed by atoms with van der Waals surface area (Å²) in [6, 6.07) is 37.3. The maximum absolute atomic E-state index is 9.92. The monoisotopic (exact) mass is 568 g/mol. The average molecular weight is 569 g/mol. The fourth-order valence-electron chi connectivity index (χ4n) is 7.78. The Balaban J connectivity index is 1.30. The van der Waals surface area contributed by atoms with E-state index in [1.165, 1.54) is 58.7 Å². The fourth-order valence-corrected chi connectivity index (χ4v) is 9.17. The molecule has 0 radical (unpaired) electrons. The van der Waals surface area contributed by atoms with Gasteiger partial charge >= 0.3 is 0 Å². The van der Waals surface area contributed by atoms with Gasteiger partial charge in [0.1, 0.15) is 0 Å². The standard InChI is InChI=1S/C40H28N2S/c1-40(2)33-12-6-3-9-26(33)29-17-18-30-32-22-25(16-20-37(32)43-39(30)38(29)40)31-21-24(23-41)15-19-36(31)42-34-13-7-4-10-27(34)28-11-5-8-14-35(28)42/h3-5,7-11,13-22H,6,12H2,1-2H3. The minimum atomic E-state index is 0.0312. The number of hydrogen-bond donors (Lipinski definition) is 0. The highest BCUT2D eigenvalue weighted by Crippen LogP contribution is 2.54. The van der Waals surface area contributed by atoms with Crippen LogP contribution in [0.5, 0.6) is 0 Å². The number of aromatic nitrogens is 1. The molecule has 0 spiro atoms. The smallest absolute Gasteiger partial charge is 0.0991 e. The molecular weight excluding hydrogens is 541 g/mol. The van der Waals surface area contributed by atoms with E-state index >= 15 is 0 Å². The van der Waals surface area contributed by atoms with Gasteiger partial charge in [-0.3, -0.25) is 0 Å². The van der Waals surface area contributed by atoms with Crippen molar-refractivity contribution in [3.63, 3.8) is 0 Å². The first-order valence-corrected chi connectivity index (χ1v) is 15.8. The van der Waals surface area contributed by atoms with Crippen molar-refractivity contribution in [2.24, 2.45) is 0 Å². The summed E-state index contributed by atoms with van der Waals surface area (Å²) in [4.78, 5) is 0. The summed E-state index contributed by atoms with van der Waals surface area (Å²) in [5.41, 5.74) is 12.2. The van der Waals surface area contributed by atoms with E-state index in [9.17, 15) is 5.26 Å². The van der Waals surface area contributed by atoms with Crippen LogP contribution in [-0.4, -0.2) is 4.57 Å². The van der Waals surface area contributed by atoms with E-state index < -0.39 is 0 Å². The highest BCUT2D eigenvalue weighted by Gasteiger charge is 2.39. The third-order valence-electron chi connectivity index (χ3n) is 9.74. The summed E-state index contributed by atoms with van der Waals surface area (Å²) in [5.74, 6) is 0. The second-order valence-corrected chi connectivity index (χ2v) is 13.4. The number of para-hydroxylation sites is 2. The van der Waals surface area contributed by atoms with Crippen molar-refractivity contribution in [3.8, 4) is 22.9 Å². The minimum Gasteiger partial charge on any atom is -0.309 e. The molecule has 0 N–H and O–H groups in total. The third kappa shape index (κ3) is 3.33. The van der Waals surface area contributed by atoms with Crippen LogP contribution in [0.4, 0.5) is 0 Å². The predicted molar refractivity (Wildman–Crippen MR) is 182 cm³/mol. The van der Waals surface area contributed by atoms with E-state index in [1.807, 2.05) is 17.4 Å². The molecule has 0 saturated heterocycles. The van der Waals surface area contributed by atoms with Crippen LogP contribution >= 0.6 is 11.3 Å². The van der Waals surface area contributed by atoms with Crippen molar-refractivity contribution in [1.82, 2.24) is 4.57 Å². The molecule has 2 heterocycles. The normalized spacial score (nSPS) is 15.5. The molecule has 2 aliphatic carbocycles. The molecule has 5 aromatic carbocycles.